The first-order chi connectivity index (χ1) is 11.7. The zero-order valence-electron chi connectivity index (χ0n) is 13.4. The Morgan fingerprint density at radius 2 is 2.25 bits per heavy atom. The first-order valence-corrected chi connectivity index (χ1v) is 8.73. The van der Waals surface area contributed by atoms with Gasteiger partial charge in [-0.3, -0.25) is 9.38 Å². The van der Waals surface area contributed by atoms with E-state index in [9.17, 15) is 0 Å². The van der Waals surface area contributed by atoms with Crippen molar-refractivity contribution in [3.63, 3.8) is 0 Å². The summed E-state index contributed by atoms with van der Waals surface area (Å²) in [4.78, 5) is 15.8. The van der Waals surface area contributed by atoms with E-state index in [0.717, 1.165) is 52.8 Å². The van der Waals surface area contributed by atoms with Crippen LogP contribution in [0.3, 0.4) is 0 Å². The van der Waals surface area contributed by atoms with Crippen LogP contribution in [-0.2, 0) is 6.42 Å². The molecule has 24 heavy (non-hydrogen) atoms. The Kier molecular flexibility index (Phi) is 3.78. The maximum absolute atomic E-state index is 4.69. The molecule has 0 saturated carbocycles. The number of nitrogens with one attached hydrogen (secondary N) is 2. The quantitative estimate of drug-likeness (QED) is 0.761. The van der Waals surface area contributed by atoms with Crippen LogP contribution in [-0.4, -0.2) is 19.4 Å². The van der Waals surface area contributed by atoms with Gasteiger partial charge >= 0.3 is 0 Å². The van der Waals surface area contributed by atoms with Crippen LogP contribution >= 0.6 is 11.3 Å². The van der Waals surface area contributed by atoms with E-state index in [1.54, 1.807) is 23.7 Å². The van der Waals surface area contributed by atoms with Gasteiger partial charge in [0.05, 0.1) is 24.3 Å². The van der Waals surface area contributed by atoms with Crippen LogP contribution in [0.2, 0.25) is 0 Å². The second-order valence-electron chi connectivity index (χ2n) is 5.68. The molecule has 0 spiro atoms. The number of nitrogens with zero attached hydrogens (tertiary/aromatic N) is 4. The second kappa shape index (κ2) is 6.09. The van der Waals surface area contributed by atoms with Gasteiger partial charge in [-0.25, -0.2) is 9.97 Å². The molecule has 4 heterocycles. The van der Waals surface area contributed by atoms with Gasteiger partial charge in [-0.05, 0) is 19.3 Å². The minimum Gasteiger partial charge on any atom is -0.364 e. The molecule has 122 valence electrons. The van der Waals surface area contributed by atoms with Crippen molar-refractivity contribution in [1.82, 2.24) is 24.7 Å². The number of hydrogen-bond donors (Lipinski definition) is 2. The zero-order chi connectivity index (χ0) is 16.5. The lowest BCUT2D eigenvalue weighted by atomic mass is 10.1. The largest absolute Gasteiger partial charge is 0.364 e. The predicted molar refractivity (Wildman–Crippen MR) is 96.7 cm³/mol. The molecule has 0 saturated heterocycles. The molecule has 0 radical (unpaired) electrons. The van der Waals surface area contributed by atoms with Crippen LogP contribution in [0.4, 0.5) is 5.82 Å². The molecule has 6 nitrogen and oxygen atoms in total. The highest BCUT2D eigenvalue weighted by molar-refractivity contribution is 7.17. The van der Waals surface area contributed by atoms with Gasteiger partial charge in [-0.15, -0.1) is 11.3 Å². The van der Waals surface area contributed by atoms with Crippen molar-refractivity contribution in [2.24, 2.45) is 0 Å². The summed E-state index contributed by atoms with van der Waals surface area (Å²) in [5.74, 6) is 0.731. The fourth-order valence-electron chi connectivity index (χ4n) is 2.62. The van der Waals surface area contributed by atoms with Crippen LogP contribution in [0.1, 0.15) is 24.6 Å². The fraction of sp³-hybridized carbons (Fsp3) is 0.235. The Balaban J connectivity index is 1.64. The van der Waals surface area contributed by atoms with Gasteiger partial charge in [0.1, 0.15) is 11.5 Å². The fourth-order valence-corrected chi connectivity index (χ4v) is 3.51. The molecule has 4 rings (SSSR count). The molecule has 0 unspecified atom stereocenters. The standard InChI is InChI=1S/C17H18N6S/c1-3-13-10-23-15(8-20-17(23)24-13)14-7-18-9-16(22-14)21-12-5-4-11(2)19-6-12/h6-10,19H,2-5H2,1H3,(H,21,22). The SMILES string of the molecule is C=C1CCC(Nc2cncc(-c3cnc4sc(CC)cn34)n2)=CN1. The van der Waals surface area contributed by atoms with E-state index >= 15 is 0 Å². The predicted octanol–water partition coefficient (Wildman–Crippen LogP) is 3.57. The van der Waals surface area contributed by atoms with Crippen molar-refractivity contribution in [2.45, 2.75) is 26.2 Å². The molecule has 7 heteroatoms. The average molecular weight is 338 g/mol. The summed E-state index contributed by atoms with van der Waals surface area (Å²) in [5.41, 5.74) is 3.88. The van der Waals surface area contributed by atoms with Crippen molar-refractivity contribution in [1.29, 1.82) is 0 Å². The molecule has 0 amide bonds. The van der Waals surface area contributed by atoms with Crippen LogP contribution < -0.4 is 10.6 Å². The number of allylic oxidation sites excluding steroid dienone is 2. The van der Waals surface area contributed by atoms with Gasteiger partial charge in [-0.1, -0.05) is 13.5 Å². The number of thiazole rings is 1. The number of anilines is 1. The van der Waals surface area contributed by atoms with E-state index in [4.69, 9.17) is 4.98 Å². The Labute approximate surface area is 144 Å². The number of imidazole rings is 1. The molecule has 3 aromatic rings. The highest BCUT2D eigenvalue weighted by atomic mass is 32.1. The molecule has 0 aliphatic carbocycles. The molecule has 3 aromatic heterocycles. The smallest absolute Gasteiger partial charge is 0.194 e. The minimum absolute atomic E-state index is 0.731. The number of aromatic nitrogens is 4. The molecule has 1 aliphatic rings. The third-order valence-electron chi connectivity index (χ3n) is 3.94. The van der Waals surface area contributed by atoms with Crippen LogP contribution in [0.15, 0.2) is 49.0 Å². The lowest BCUT2D eigenvalue weighted by molar-refractivity contribution is 0.804. The van der Waals surface area contributed by atoms with Crippen LogP contribution in [0.5, 0.6) is 0 Å². The lowest BCUT2D eigenvalue weighted by Gasteiger charge is -2.17. The van der Waals surface area contributed by atoms with Crippen LogP contribution in [0, 0.1) is 0 Å². The van der Waals surface area contributed by atoms with E-state index in [-0.39, 0.29) is 0 Å². The number of rotatable bonds is 4. The molecule has 0 bridgehead atoms. The van der Waals surface area contributed by atoms with E-state index in [1.165, 1.54) is 4.88 Å². The Morgan fingerprint density at radius 1 is 1.33 bits per heavy atom. The van der Waals surface area contributed by atoms with Gasteiger partial charge in [0.25, 0.3) is 0 Å². The van der Waals surface area contributed by atoms with E-state index < -0.39 is 0 Å². The first-order valence-electron chi connectivity index (χ1n) is 7.91. The third-order valence-corrected chi connectivity index (χ3v) is 5.08. The van der Waals surface area contributed by atoms with Crippen LogP contribution in [0.25, 0.3) is 16.3 Å². The summed E-state index contributed by atoms with van der Waals surface area (Å²) < 4.78 is 2.09. The van der Waals surface area contributed by atoms with Gasteiger partial charge in [0.2, 0.25) is 0 Å². The summed E-state index contributed by atoms with van der Waals surface area (Å²) in [6.45, 7) is 6.07. The molecule has 0 atom stereocenters. The Morgan fingerprint density at radius 3 is 3.04 bits per heavy atom. The highest BCUT2D eigenvalue weighted by Crippen LogP contribution is 2.25. The molecule has 2 N–H and O–H groups in total. The highest BCUT2D eigenvalue weighted by Gasteiger charge is 2.12. The van der Waals surface area contributed by atoms with Crippen molar-refractivity contribution in [2.75, 3.05) is 5.32 Å². The average Bonchev–Trinajstić information content (AvgIpc) is 3.17. The Hall–Kier alpha value is -2.67. The summed E-state index contributed by atoms with van der Waals surface area (Å²) in [7, 11) is 0. The monoisotopic (exact) mass is 338 g/mol. The molecule has 1 aliphatic heterocycles. The first kappa shape index (κ1) is 14.9. The van der Waals surface area contributed by atoms with Crippen molar-refractivity contribution < 1.29 is 0 Å². The molecule has 0 fully saturated rings. The summed E-state index contributed by atoms with van der Waals surface area (Å²) >= 11 is 1.71. The summed E-state index contributed by atoms with van der Waals surface area (Å²) in [6.07, 6.45) is 12.3. The summed E-state index contributed by atoms with van der Waals surface area (Å²) in [6, 6.07) is 0. The number of hydrogen-bond acceptors (Lipinski definition) is 6. The normalized spacial score (nSPS) is 14.5. The zero-order valence-corrected chi connectivity index (χ0v) is 14.2. The van der Waals surface area contributed by atoms with Gasteiger partial charge in [0, 0.05) is 28.7 Å². The second-order valence-corrected chi connectivity index (χ2v) is 6.77. The Bertz CT molecular complexity index is 936. The molecule has 0 aromatic carbocycles. The topological polar surface area (TPSA) is 67.1 Å². The number of aryl methyl sites for hydroxylation is 1. The molecular formula is C17H18N6S. The van der Waals surface area contributed by atoms with Gasteiger partial charge < -0.3 is 10.6 Å². The van der Waals surface area contributed by atoms with Crippen molar-refractivity contribution in [3.8, 4) is 11.4 Å². The lowest BCUT2D eigenvalue weighted by Crippen LogP contribution is -2.15. The van der Waals surface area contributed by atoms with Gasteiger partial charge in [-0.2, -0.15) is 0 Å². The maximum Gasteiger partial charge on any atom is 0.194 e. The minimum atomic E-state index is 0.731. The number of fused-ring (bicyclic) bond motifs is 1. The van der Waals surface area contributed by atoms with Crippen molar-refractivity contribution >= 4 is 22.1 Å². The van der Waals surface area contributed by atoms with Crippen molar-refractivity contribution in [3.05, 3.63) is 53.8 Å². The van der Waals surface area contributed by atoms with E-state index in [1.807, 2.05) is 12.4 Å². The van der Waals surface area contributed by atoms with E-state index in [0.29, 0.717) is 0 Å². The maximum atomic E-state index is 4.69. The molecular weight excluding hydrogens is 320 g/mol. The van der Waals surface area contributed by atoms with Gasteiger partial charge in [0.15, 0.2) is 4.96 Å². The summed E-state index contributed by atoms with van der Waals surface area (Å²) in [5, 5.41) is 6.47. The third kappa shape index (κ3) is 2.78. The van der Waals surface area contributed by atoms with E-state index in [2.05, 4.69) is 44.7 Å².